The van der Waals surface area contributed by atoms with Crippen LogP contribution in [0.3, 0.4) is 0 Å². The number of fused-ring (bicyclic) bond motifs is 1. The molecule has 1 atom stereocenters. The first-order valence-corrected chi connectivity index (χ1v) is 8.12. The second kappa shape index (κ2) is 7.92. The molecule has 128 valence electrons. The van der Waals surface area contributed by atoms with Crippen molar-refractivity contribution in [1.82, 2.24) is 20.1 Å². The van der Waals surface area contributed by atoms with Gasteiger partial charge >= 0.3 is 0 Å². The van der Waals surface area contributed by atoms with Gasteiger partial charge in [-0.25, -0.2) is 0 Å². The summed E-state index contributed by atoms with van der Waals surface area (Å²) in [6, 6.07) is 7.84. The molecule has 0 saturated carbocycles. The molecular weight excluding hydrogens is 308 g/mol. The van der Waals surface area contributed by atoms with Gasteiger partial charge in [-0.15, -0.1) is 10.2 Å². The van der Waals surface area contributed by atoms with E-state index in [4.69, 9.17) is 9.47 Å². The third kappa shape index (κ3) is 3.91. The maximum Gasteiger partial charge on any atom is 0.227 e. The number of para-hydroxylation sites is 1. The highest BCUT2D eigenvalue weighted by Crippen LogP contribution is 2.26. The third-order valence-corrected chi connectivity index (χ3v) is 4.11. The van der Waals surface area contributed by atoms with Crippen molar-refractivity contribution < 1.29 is 14.3 Å². The molecule has 1 aliphatic heterocycles. The van der Waals surface area contributed by atoms with Crippen LogP contribution in [0.4, 0.5) is 0 Å². The van der Waals surface area contributed by atoms with E-state index in [1.54, 1.807) is 13.4 Å². The molecule has 1 aromatic heterocycles. The van der Waals surface area contributed by atoms with Gasteiger partial charge in [-0.3, -0.25) is 4.79 Å². The first-order valence-electron chi connectivity index (χ1n) is 8.12. The van der Waals surface area contributed by atoms with E-state index < -0.39 is 0 Å². The number of carbonyl (C=O) groups is 1. The number of nitrogens with one attached hydrogen (secondary N) is 1. The second-order valence-electron chi connectivity index (χ2n) is 5.82. The molecule has 1 aromatic carbocycles. The van der Waals surface area contributed by atoms with Crippen LogP contribution in [0.5, 0.6) is 5.75 Å². The molecule has 3 rings (SSSR count). The summed E-state index contributed by atoms with van der Waals surface area (Å²) in [4.78, 5) is 12.4. The zero-order valence-corrected chi connectivity index (χ0v) is 13.8. The van der Waals surface area contributed by atoms with Gasteiger partial charge in [0.15, 0.2) is 5.82 Å². The van der Waals surface area contributed by atoms with Gasteiger partial charge in [0, 0.05) is 20.3 Å². The summed E-state index contributed by atoms with van der Waals surface area (Å²) in [6.07, 6.45) is 3.25. The van der Waals surface area contributed by atoms with E-state index in [0.29, 0.717) is 26.2 Å². The van der Waals surface area contributed by atoms with Crippen LogP contribution >= 0.6 is 0 Å². The number of ether oxygens (including phenoxy) is 2. The molecule has 0 bridgehead atoms. The first-order chi connectivity index (χ1) is 11.8. The minimum Gasteiger partial charge on any atom is -0.492 e. The van der Waals surface area contributed by atoms with Crippen LogP contribution < -0.4 is 10.1 Å². The molecule has 7 heteroatoms. The van der Waals surface area contributed by atoms with Crippen molar-refractivity contribution in [3.8, 4) is 5.75 Å². The summed E-state index contributed by atoms with van der Waals surface area (Å²) in [7, 11) is 1.68. The van der Waals surface area contributed by atoms with Gasteiger partial charge in [0.1, 0.15) is 18.7 Å². The van der Waals surface area contributed by atoms with Crippen LogP contribution in [0.25, 0.3) is 0 Å². The predicted octanol–water partition coefficient (Wildman–Crippen LogP) is 1.18. The van der Waals surface area contributed by atoms with Crippen molar-refractivity contribution in [1.29, 1.82) is 0 Å². The molecule has 2 aromatic rings. The topological polar surface area (TPSA) is 78.3 Å². The third-order valence-electron chi connectivity index (χ3n) is 4.11. The molecule has 1 unspecified atom stereocenters. The molecular formula is C17H22N4O3. The average molecular weight is 330 g/mol. The van der Waals surface area contributed by atoms with Crippen LogP contribution in [0.2, 0.25) is 0 Å². The highest BCUT2D eigenvalue weighted by molar-refractivity contribution is 5.79. The SMILES string of the molecule is COCCCn1cnnc1CNC(=O)C1COc2ccccc2C1. The van der Waals surface area contributed by atoms with E-state index in [2.05, 4.69) is 15.5 Å². The normalized spacial score (nSPS) is 16.3. The fourth-order valence-electron chi connectivity index (χ4n) is 2.79. The fourth-order valence-corrected chi connectivity index (χ4v) is 2.79. The summed E-state index contributed by atoms with van der Waals surface area (Å²) >= 11 is 0. The Morgan fingerprint density at radius 1 is 1.46 bits per heavy atom. The Morgan fingerprint density at radius 3 is 3.21 bits per heavy atom. The number of aromatic nitrogens is 3. The summed E-state index contributed by atoms with van der Waals surface area (Å²) in [5, 5.41) is 10.9. The molecule has 7 nitrogen and oxygen atoms in total. The van der Waals surface area contributed by atoms with Gasteiger partial charge in [0.2, 0.25) is 5.91 Å². The van der Waals surface area contributed by atoms with Crippen LogP contribution in [0.15, 0.2) is 30.6 Å². The monoisotopic (exact) mass is 330 g/mol. The average Bonchev–Trinajstić information content (AvgIpc) is 3.07. The fraction of sp³-hybridized carbons (Fsp3) is 0.471. The minimum atomic E-state index is -0.176. The first kappa shape index (κ1) is 16.4. The van der Waals surface area contributed by atoms with Gasteiger partial charge in [0.05, 0.1) is 12.5 Å². The van der Waals surface area contributed by atoms with Crippen LogP contribution in [0.1, 0.15) is 17.8 Å². The van der Waals surface area contributed by atoms with E-state index >= 15 is 0 Å². The number of aryl methyl sites for hydroxylation is 1. The van der Waals surface area contributed by atoms with Crippen LogP contribution in [0, 0.1) is 5.92 Å². The number of hydrogen-bond donors (Lipinski definition) is 1. The molecule has 2 heterocycles. The van der Waals surface area contributed by atoms with E-state index in [-0.39, 0.29) is 11.8 Å². The van der Waals surface area contributed by atoms with Crippen molar-refractivity contribution in [3.05, 3.63) is 42.0 Å². The molecule has 1 N–H and O–H groups in total. The number of benzene rings is 1. The largest absolute Gasteiger partial charge is 0.492 e. The van der Waals surface area contributed by atoms with Gasteiger partial charge in [-0.1, -0.05) is 18.2 Å². The van der Waals surface area contributed by atoms with Crippen molar-refractivity contribution >= 4 is 5.91 Å². The molecule has 0 fully saturated rings. The molecule has 0 saturated heterocycles. The molecule has 24 heavy (non-hydrogen) atoms. The number of hydrogen-bond acceptors (Lipinski definition) is 5. The van der Waals surface area contributed by atoms with Gasteiger partial charge in [0.25, 0.3) is 0 Å². The Hall–Kier alpha value is -2.41. The van der Waals surface area contributed by atoms with Crippen molar-refractivity contribution in [2.45, 2.75) is 25.9 Å². The van der Waals surface area contributed by atoms with Gasteiger partial charge in [-0.05, 0) is 24.5 Å². The van der Waals surface area contributed by atoms with Crippen molar-refractivity contribution in [2.24, 2.45) is 5.92 Å². The summed E-state index contributed by atoms with van der Waals surface area (Å²) in [6.45, 7) is 2.22. The molecule has 0 spiro atoms. The van der Waals surface area contributed by atoms with E-state index in [1.165, 1.54) is 0 Å². The van der Waals surface area contributed by atoms with Gasteiger partial charge < -0.3 is 19.4 Å². The molecule has 0 radical (unpaired) electrons. The summed E-state index contributed by atoms with van der Waals surface area (Å²) in [5.74, 6) is 1.43. The Labute approximate surface area is 141 Å². The lowest BCUT2D eigenvalue weighted by molar-refractivity contribution is -0.126. The maximum absolute atomic E-state index is 12.4. The van der Waals surface area contributed by atoms with Crippen LogP contribution in [-0.4, -0.2) is 41.0 Å². The Bertz CT molecular complexity index is 686. The minimum absolute atomic E-state index is 0.0176. The zero-order chi connectivity index (χ0) is 16.8. The maximum atomic E-state index is 12.4. The van der Waals surface area contributed by atoms with E-state index in [0.717, 1.165) is 30.1 Å². The highest BCUT2D eigenvalue weighted by Gasteiger charge is 2.25. The lowest BCUT2D eigenvalue weighted by Gasteiger charge is -2.24. The molecule has 0 aliphatic carbocycles. The number of methoxy groups -OCH3 is 1. The Balaban J connectivity index is 1.52. The molecule has 1 aliphatic rings. The number of nitrogens with zero attached hydrogens (tertiary/aromatic N) is 3. The standard InChI is InChI=1S/C17H22N4O3/c1-23-8-4-7-21-12-19-20-16(21)10-18-17(22)14-9-13-5-2-3-6-15(13)24-11-14/h2-3,5-6,12,14H,4,7-11H2,1H3,(H,18,22). The highest BCUT2D eigenvalue weighted by atomic mass is 16.5. The number of carbonyl (C=O) groups excluding carboxylic acids is 1. The Morgan fingerprint density at radius 2 is 2.33 bits per heavy atom. The van der Waals surface area contributed by atoms with Crippen molar-refractivity contribution in [3.63, 3.8) is 0 Å². The van der Waals surface area contributed by atoms with Gasteiger partial charge in [-0.2, -0.15) is 0 Å². The van der Waals surface area contributed by atoms with E-state index in [9.17, 15) is 4.79 Å². The quantitative estimate of drug-likeness (QED) is 0.771. The second-order valence-corrected chi connectivity index (χ2v) is 5.82. The lowest BCUT2D eigenvalue weighted by Crippen LogP contribution is -2.37. The van der Waals surface area contributed by atoms with Crippen LogP contribution in [-0.2, 0) is 29.0 Å². The number of amides is 1. The smallest absolute Gasteiger partial charge is 0.227 e. The van der Waals surface area contributed by atoms with E-state index in [1.807, 2.05) is 28.8 Å². The molecule has 1 amide bonds. The Kier molecular flexibility index (Phi) is 5.43. The lowest BCUT2D eigenvalue weighted by atomic mass is 9.96. The number of rotatable bonds is 7. The summed E-state index contributed by atoms with van der Waals surface area (Å²) < 4.78 is 12.7. The predicted molar refractivity (Wildman–Crippen MR) is 87.5 cm³/mol. The summed E-state index contributed by atoms with van der Waals surface area (Å²) in [5.41, 5.74) is 1.08. The zero-order valence-electron chi connectivity index (χ0n) is 13.8. The van der Waals surface area contributed by atoms with Crippen molar-refractivity contribution in [2.75, 3.05) is 20.3 Å².